The molecule has 1 aromatic carbocycles. The SMILES string of the molecule is COc1ccc(-c2nc(C)c(NN)s2)c(Cl)c1. The van der Waals surface area contributed by atoms with E-state index in [1.807, 2.05) is 19.1 Å². The highest BCUT2D eigenvalue weighted by molar-refractivity contribution is 7.19. The highest BCUT2D eigenvalue weighted by Gasteiger charge is 2.12. The van der Waals surface area contributed by atoms with Crippen LogP contribution in [0.1, 0.15) is 5.69 Å². The Kier molecular flexibility index (Phi) is 3.51. The number of hydrazine groups is 1. The molecule has 0 unspecified atom stereocenters. The Morgan fingerprint density at radius 1 is 1.47 bits per heavy atom. The molecule has 2 rings (SSSR count). The number of benzene rings is 1. The van der Waals surface area contributed by atoms with E-state index in [1.165, 1.54) is 11.3 Å². The fourth-order valence-corrected chi connectivity index (χ4v) is 2.67. The number of hydrogen-bond acceptors (Lipinski definition) is 5. The Morgan fingerprint density at radius 3 is 2.76 bits per heavy atom. The van der Waals surface area contributed by atoms with Crippen molar-refractivity contribution in [2.24, 2.45) is 5.84 Å². The largest absolute Gasteiger partial charge is 0.497 e. The summed E-state index contributed by atoms with van der Waals surface area (Å²) in [4.78, 5) is 4.42. The van der Waals surface area contributed by atoms with Crippen LogP contribution >= 0.6 is 22.9 Å². The number of nitrogens with zero attached hydrogens (tertiary/aromatic N) is 1. The molecule has 0 amide bonds. The Labute approximate surface area is 108 Å². The Hall–Kier alpha value is -1.30. The highest BCUT2D eigenvalue weighted by atomic mass is 35.5. The first-order valence-corrected chi connectivity index (χ1v) is 6.13. The van der Waals surface area contributed by atoms with Crippen molar-refractivity contribution >= 4 is 27.9 Å². The van der Waals surface area contributed by atoms with Crippen LogP contribution in [0.3, 0.4) is 0 Å². The van der Waals surface area contributed by atoms with E-state index in [-0.39, 0.29) is 0 Å². The number of aryl methyl sites for hydroxylation is 1. The minimum atomic E-state index is 0.613. The summed E-state index contributed by atoms with van der Waals surface area (Å²) in [6, 6.07) is 5.51. The van der Waals surface area contributed by atoms with Gasteiger partial charge in [0.2, 0.25) is 0 Å². The maximum Gasteiger partial charge on any atom is 0.127 e. The lowest BCUT2D eigenvalue weighted by Crippen LogP contribution is -2.05. The first-order valence-electron chi connectivity index (χ1n) is 4.93. The highest BCUT2D eigenvalue weighted by Crippen LogP contribution is 2.36. The molecule has 0 bridgehead atoms. The fourth-order valence-electron chi connectivity index (χ4n) is 1.44. The number of thiazole rings is 1. The molecular weight excluding hydrogens is 258 g/mol. The average molecular weight is 270 g/mol. The second kappa shape index (κ2) is 4.91. The van der Waals surface area contributed by atoms with E-state index >= 15 is 0 Å². The molecule has 0 radical (unpaired) electrons. The summed E-state index contributed by atoms with van der Waals surface area (Å²) in [5.74, 6) is 6.12. The Bertz CT molecular complexity index is 542. The van der Waals surface area contributed by atoms with Gasteiger partial charge in [0, 0.05) is 5.56 Å². The van der Waals surface area contributed by atoms with Gasteiger partial charge in [0.15, 0.2) is 0 Å². The zero-order valence-electron chi connectivity index (χ0n) is 9.45. The summed E-state index contributed by atoms with van der Waals surface area (Å²) < 4.78 is 5.10. The Morgan fingerprint density at radius 2 is 2.24 bits per heavy atom. The molecule has 1 aromatic heterocycles. The lowest BCUT2D eigenvalue weighted by molar-refractivity contribution is 0.415. The molecule has 0 saturated carbocycles. The molecule has 0 saturated heterocycles. The zero-order valence-corrected chi connectivity index (χ0v) is 11.0. The summed E-state index contributed by atoms with van der Waals surface area (Å²) >= 11 is 7.65. The van der Waals surface area contributed by atoms with Gasteiger partial charge in [-0.15, -0.1) is 0 Å². The van der Waals surface area contributed by atoms with Gasteiger partial charge in [0.1, 0.15) is 15.8 Å². The standard InChI is InChI=1S/C11H12ClN3OS/c1-6-10(15-13)17-11(14-6)8-4-3-7(16-2)5-9(8)12/h3-5,15H,13H2,1-2H3. The van der Waals surface area contributed by atoms with Gasteiger partial charge in [-0.25, -0.2) is 10.8 Å². The maximum absolute atomic E-state index is 6.18. The summed E-state index contributed by atoms with van der Waals surface area (Å²) in [7, 11) is 1.61. The van der Waals surface area contributed by atoms with Gasteiger partial charge in [-0.3, -0.25) is 0 Å². The smallest absolute Gasteiger partial charge is 0.127 e. The molecular formula is C11H12ClN3OS. The van der Waals surface area contributed by atoms with Crippen molar-refractivity contribution in [3.05, 3.63) is 28.9 Å². The molecule has 2 aromatic rings. The second-order valence-electron chi connectivity index (χ2n) is 3.42. The molecule has 0 aliphatic heterocycles. The van der Waals surface area contributed by atoms with Crippen molar-refractivity contribution in [2.75, 3.05) is 12.5 Å². The van der Waals surface area contributed by atoms with Gasteiger partial charge in [0.25, 0.3) is 0 Å². The number of aromatic nitrogens is 1. The molecule has 3 N–H and O–H groups in total. The average Bonchev–Trinajstić information content (AvgIpc) is 2.70. The normalized spacial score (nSPS) is 10.4. The Balaban J connectivity index is 2.45. The lowest BCUT2D eigenvalue weighted by Gasteiger charge is -2.03. The van der Waals surface area contributed by atoms with Crippen LogP contribution in [0.5, 0.6) is 5.75 Å². The van der Waals surface area contributed by atoms with Crippen molar-refractivity contribution in [1.29, 1.82) is 0 Å². The molecule has 4 nitrogen and oxygen atoms in total. The van der Waals surface area contributed by atoms with Gasteiger partial charge in [0.05, 0.1) is 17.8 Å². The third kappa shape index (κ3) is 2.36. The quantitative estimate of drug-likeness (QED) is 0.664. The van der Waals surface area contributed by atoms with Crippen molar-refractivity contribution in [3.63, 3.8) is 0 Å². The molecule has 0 aliphatic rings. The molecule has 90 valence electrons. The van der Waals surface area contributed by atoms with Crippen LogP contribution in [0, 0.1) is 6.92 Å². The molecule has 0 aliphatic carbocycles. The number of methoxy groups -OCH3 is 1. The van der Waals surface area contributed by atoms with Crippen LogP contribution in [0.4, 0.5) is 5.00 Å². The predicted octanol–water partition coefficient (Wildman–Crippen LogP) is 3.07. The number of nitrogen functional groups attached to an aromatic ring is 1. The van der Waals surface area contributed by atoms with Crippen LogP contribution < -0.4 is 16.0 Å². The zero-order chi connectivity index (χ0) is 12.4. The van der Waals surface area contributed by atoms with E-state index in [2.05, 4.69) is 10.4 Å². The van der Waals surface area contributed by atoms with Crippen molar-refractivity contribution in [3.8, 4) is 16.3 Å². The van der Waals surface area contributed by atoms with Crippen LogP contribution in [-0.2, 0) is 0 Å². The topological polar surface area (TPSA) is 60.2 Å². The summed E-state index contributed by atoms with van der Waals surface area (Å²) in [6.07, 6.45) is 0. The number of nitrogens with one attached hydrogen (secondary N) is 1. The van der Waals surface area contributed by atoms with Crippen molar-refractivity contribution < 1.29 is 4.74 Å². The minimum absolute atomic E-state index is 0.613. The molecule has 17 heavy (non-hydrogen) atoms. The number of hydrogen-bond donors (Lipinski definition) is 2. The molecule has 0 atom stereocenters. The van der Waals surface area contributed by atoms with E-state index in [0.717, 1.165) is 27.0 Å². The fraction of sp³-hybridized carbons (Fsp3) is 0.182. The monoisotopic (exact) mass is 269 g/mol. The number of rotatable bonds is 3. The summed E-state index contributed by atoms with van der Waals surface area (Å²) in [5, 5.41) is 2.29. The van der Waals surface area contributed by atoms with E-state index < -0.39 is 0 Å². The number of halogens is 1. The third-order valence-corrected chi connectivity index (χ3v) is 3.77. The molecule has 0 fully saturated rings. The number of ether oxygens (including phenoxy) is 1. The van der Waals surface area contributed by atoms with Gasteiger partial charge >= 0.3 is 0 Å². The number of anilines is 1. The van der Waals surface area contributed by atoms with Gasteiger partial charge in [-0.05, 0) is 25.1 Å². The minimum Gasteiger partial charge on any atom is -0.497 e. The van der Waals surface area contributed by atoms with E-state index in [4.69, 9.17) is 22.2 Å². The third-order valence-electron chi connectivity index (χ3n) is 2.33. The van der Waals surface area contributed by atoms with Gasteiger partial charge in [-0.1, -0.05) is 22.9 Å². The van der Waals surface area contributed by atoms with Gasteiger partial charge < -0.3 is 10.2 Å². The maximum atomic E-state index is 6.18. The van der Waals surface area contributed by atoms with Crippen LogP contribution in [0.25, 0.3) is 10.6 Å². The lowest BCUT2D eigenvalue weighted by atomic mass is 10.2. The summed E-state index contributed by atoms with van der Waals surface area (Å²) in [6.45, 7) is 1.90. The van der Waals surface area contributed by atoms with E-state index in [9.17, 15) is 0 Å². The molecule has 0 spiro atoms. The second-order valence-corrected chi connectivity index (χ2v) is 4.83. The predicted molar refractivity (Wildman–Crippen MR) is 71.7 cm³/mol. The van der Waals surface area contributed by atoms with Crippen LogP contribution in [0.15, 0.2) is 18.2 Å². The first-order chi connectivity index (χ1) is 8.15. The molecule has 6 heteroatoms. The van der Waals surface area contributed by atoms with Crippen LogP contribution in [0.2, 0.25) is 5.02 Å². The van der Waals surface area contributed by atoms with Crippen molar-refractivity contribution in [2.45, 2.75) is 6.92 Å². The van der Waals surface area contributed by atoms with Gasteiger partial charge in [-0.2, -0.15) is 0 Å². The van der Waals surface area contributed by atoms with E-state index in [1.54, 1.807) is 13.2 Å². The van der Waals surface area contributed by atoms with E-state index in [0.29, 0.717) is 5.02 Å². The summed E-state index contributed by atoms with van der Waals surface area (Å²) in [5.41, 5.74) is 4.35. The molecule has 1 heterocycles. The first kappa shape index (κ1) is 12.2. The number of nitrogens with two attached hydrogens (primary N) is 1. The van der Waals surface area contributed by atoms with Crippen molar-refractivity contribution in [1.82, 2.24) is 4.98 Å². The van der Waals surface area contributed by atoms with Crippen LogP contribution in [-0.4, -0.2) is 12.1 Å².